The molecule has 0 aliphatic carbocycles. The van der Waals surface area contributed by atoms with Crippen LogP contribution in [-0.2, 0) is 0 Å². The first kappa shape index (κ1) is 8.68. The average molecular weight is 191 g/mol. The zero-order chi connectivity index (χ0) is 10.1. The van der Waals surface area contributed by atoms with Crippen molar-refractivity contribution in [2.75, 3.05) is 7.11 Å². The van der Waals surface area contributed by atoms with Gasteiger partial charge in [-0.25, -0.2) is 0 Å². The number of Topliss-reactive ketones (excluding diaryl/α,β-unsaturated/α-hetero) is 1. The summed E-state index contributed by atoms with van der Waals surface area (Å²) in [5, 5.41) is 7.98. The minimum atomic E-state index is -0.0213. The summed E-state index contributed by atoms with van der Waals surface area (Å²) in [6, 6.07) is 3.46. The first-order valence-electron chi connectivity index (χ1n) is 4.12. The SMILES string of the molecule is COc1ccc2c(C(C)=O)cnn2n1. The molecule has 0 aromatic carbocycles. The van der Waals surface area contributed by atoms with Crippen molar-refractivity contribution in [2.24, 2.45) is 0 Å². The number of aromatic nitrogens is 3. The van der Waals surface area contributed by atoms with Gasteiger partial charge in [-0.1, -0.05) is 0 Å². The molecule has 0 aliphatic rings. The Morgan fingerprint density at radius 3 is 2.93 bits per heavy atom. The number of carbonyl (C=O) groups is 1. The van der Waals surface area contributed by atoms with E-state index >= 15 is 0 Å². The Kier molecular flexibility index (Phi) is 1.92. The topological polar surface area (TPSA) is 56.5 Å². The van der Waals surface area contributed by atoms with Crippen LogP contribution in [-0.4, -0.2) is 27.7 Å². The van der Waals surface area contributed by atoms with E-state index in [-0.39, 0.29) is 5.78 Å². The molecule has 0 saturated heterocycles. The largest absolute Gasteiger partial charge is 0.480 e. The molecule has 2 heterocycles. The molecule has 0 bridgehead atoms. The monoisotopic (exact) mass is 191 g/mol. The van der Waals surface area contributed by atoms with Crippen molar-refractivity contribution in [1.82, 2.24) is 14.8 Å². The maximum Gasteiger partial charge on any atom is 0.233 e. The van der Waals surface area contributed by atoms with Crippen LogP contribution in [0.4, 0.5) is 0 Å². The fourth-order valence-corrected chi connectivity index (χ4v) is 1.24. The number of hydrogen-bond donors (Lipinski definition) is 0. The molecule has 0 fully saturated rings. The van der Waals surface area contributed by atoms with Gasteiger partial charge < -0.3 is 4.74 Å². The van der Waals surface area contributed by atoms with Crippen molar-refractivity contribution in [2.45, 2.75) is 6.92 Å². The van der Waals surface area contributed by atoms with Crippen LogP contribution in [0.1, 0.15) is 17.3 Å². The van der Waals surface area contributed by atoms with Crippen LogP contribution in [0.2, 0.25) is 0 Å². The average Bonchev–Trinajstić information content (AvgIpc) is 2.59. The van der Waals surface area contributed by atoms with Crippen molar-refractivity contribution in [1.29, 1.82) is 0 Å². The Balaban J connectivity index is 2.65. The second-order valence-corrected chi connectivity index (χ2v) is 2.86. The van der Waals surface area contributed by atoms with Crippen molar-refractivity contribution < 1.29 is 9.53 Å². The molecule has 0 saturated carbocycles. The third kappa shape index (κ3) is 1.22. The van der Waals surface area contributed by atoms with Crippen LogP contribution in [0.25, 0.3) is 5.52 Å². The summed E-state index contributed by atoms with van der Waals surface area (Å²) >= 11 is 0. The summed E-state index contributed by atoms with van der Waals surface area (Å²) in [5.41, 5.74) is 1.26. The van der Waals surface area contributed by atoms with Gasteiger partial charge in [-0.15, -0.1) is 9.73 Å². The van der Waals surface area contributed by atoms with E-state index in [9.17, 15) is 4.79 Å². The van der Waals surface area contributed by atoms with Crippen molar-refractivity contribution in [3.8, 4) is 5.88 Å². The summed E-state index contributed by atoms with van der Waals surface area (Å²) in [4.78, 5) is 11.2. The van der Waals surface area contributed by atoms with E-state index in [1.54, 1.807) is 12.1 Å². The molecule has 0 atom stereocenters. The van der Waals surface area contributed by atoms with E-state index in [0.717, 1.165) is 0 Å². The molecule has 0 radical (unpaired) electrons. The van der Waals surface area contributed by atoms with E-state index < -0.39 is 0 Å². The summed E-state index contributed by atoms with van der Waals surface area (Å²) in [6.07, 6.45) is 1.50. The number of hydrogen-bond acceptors (Lipinski definition) is 4. The first-order chi connectivity index (χ1) is 6.72. The molecule has 0 spiro atoms. The predicted octanol–water partition coefficient (Wildman–Crippen LogP) is 0.940. The van der Waals surface area contributed by atoms with Gasteiger partial charge in [0.05, 0.1) is 24.4 Å². The number of fused-ring (bicyclic) bond motifs is 1. The Morgan fingerprint density at radius 2 is 2.29 bits per heavy atom. The third-order valence-electron chi connectivity index (χ3n) is 1.95. The van der Waals surface area contributed by atoms with E-state index in [2.05, 4.69) is 10.2 Å². The van der Waals surface area contributed by atoms with Gasteiger partial charge in [0.15, 0.2) is 5.78 Å². The Bertz CT molecular complexity index is 490. The van der Waals surface area contributed by atoms with Gasteiger partial charge in [-0.05, 0) is 13.0 Å². The molecule has 14 heavy (non-hydrogen) atoms. The molecule has 0 amide bonds. The van der Waals surface area contributed by atoms with Crippen molar-refractivity contribution in [3.63, 3.8) is 0 Å². The van der Waals surface area contributed by atoms with Crippen LogP contribution in [0.3, 0.4) is 0 Å². The predicted molar refractivity (Wildman–Crippen MR) is 49.5 cm³/mol. The van der Waals surface area contributed by atoms with Gasteiger partial charge >= 0.3 is 0 Å². The molecule has 2 aromatic heterocycles. The van der Waals surface area contributed by atoms with E-state index in [1.165, 1.54) is 24.9 Å². The van der Waals surface area contributed by atoms with Gasteiger partial charge in [0.1, 0.15) is 0 Å². The Hall–Kier alpha value is -1.91. The first-order valence-corrected chi connectivity index (χ1v) is 4.12. The number of carbonyl (C=O) groups excluding carboxylic acids is 1. The lowest BCUT2D eigenvalue weighted by atomic mass is 10.2. The van der Waals surface area contributed by atoms with Crippen LogP contribution >= 0.6 is 0 Å². The molecule has 2 aromatic rings. The normalized spacial score (nSPS) is 10.4. The molecular weight excluding hydrogens is 182 g/mol. The molecule has 5 nitrogen and oxygen atoms in total. The fourth-order valence-electron chi connectivity index (χ4n) is 1.24. The third-order valence-corrected chi connectivity index (χ3v) is 1.95. The highest BCUT2D eigenvalue weighted by atomic mass is 16.5. The van der Waals surface area contributed by atoms with Crippen molar-refractivity contribution in [3.05, 3.63) is 23.9 Å². The fraction of sp³-hybridized carbons (Fsp3) is 0.222. The van der Waals surface area contributed by atoms with Crippen LogP contribution in [0.15, 0.2) is 18.3 Å². The Labute approximate surface area is 80.3 Å². The lowest BCUT2D eigenvalue weighted by Gasteiger charge is -1.98. The highest BCUT2D eigenvalue weighted by Crippen LogP contribution is 2.13. The number of rotatable bonds is 2. The lowest BCUT2D eigenvalue weighted by molar-refractivity contribution is 0.101. The highest BCUT2D eigenvalue weighted by molar-refractivity contribution is 6.00. The van der Waals surface area contributed by atoms with Crippen molar-refractivity contribution >= 4 is 11.3 Å². The van der Waals surface area contributed by atoms with E-state index in [1.807, 2.05) is 0 Å². The standard InChI is InChI=1S/C9H9N3O2/c1-6(13)7-5-10-12-8(7)3-4-9(11-12)14-2/h3-5H,1-2H3. The molecule has 5 heteroatoms. The molecule has 0 unspecified atom stereocenters. The van der Waals surface area contributed by atoms with Crippen LogP contribution < -0.4 is 4.74 Å². The summed E-state index contributed by atoms with van der Waals surface area (Å²) < 4.78 is 6.32. The molecule has 0 aliphatic heterocycles. The summed E-state index contributed by atoms with van der Waals surface area (Å²) in [5.74, 6) is 0.447. The molecular formula is C9H9N3O2. The zero-order valence-electron chi connectivity index (χ0n) is 7.89. The number of ketones is 1. The van der Waals surface area contributed by atoms with Gasteiger partial charge in [0.2, 0.25) is 5.88 Å². The van der Waals surface area contributed by atoms with Gasteiger partial charge in [0, 0.05) is 6.07 Å². The summed E-state index contributed by atoms with van der Waals surface area (Å²) in [7, 11) is 1.53. The summed E-state index contributed by atoms with van der Waals surface area (Å²) in [6.45, 7) is 1.50. The minimum absolute atomic E-state index is 0.0213. The van der Waals surface area contributed by atoms with Crippen LogP contribution in [0, 0.1) is 0 Å². The molecule has 0 N–H and O–H groups in total. The smallest absolute Gasteiger partial charge is 0.233 e. The maximum absolute atomic E-state index is 11.2. The van der Waals surface area contributed by atoms with Gasteiger partial charge in [-0.2, -0.15) is 5.10 Å². The Morgan fingerprint density at radius 1 is 1.50 bits per heavy atom. The second kappa shape index (κ2) is 3.10. The lowest BCUT2D eigenvalue weighted by Crippen LogP contribution is -1.98. The number of nitrogens with zero attached hydrogens (tertiary/aromatic N) is 3. The quantitative estimate of drug-likeness (QED) is 0.663. The molecule has 72 valence electrons. The minimum Gasteiger partial charge on any atom is -0.480 e. The maximum atomic E-state index is 11.2. The zero-order valence-corrected chi connectivity index (χ0v) is 7.89. The van der Waals surface area contributed by atoms with E-state index in [0.29, 0.717) is 17.0 Å². The van der Waals surface area contributed by atoms with Gasteiger partial charge in [0.25, 0.3) is 0 Å². The number of ether oxygens (including phenoxy) is 1. The molecule has 2 rings (SSSR count). The second-order valence-electron chi connectivity index (χ2n) is 2.86. The highest BCUT2D eigenvalue weighted by Gasteiger charge is 2.09. The van der Waals surface area contributed by atoms with E-state index in [4.69, 9.17) is 4.74 Å². The van der Waals surface area contributed by atoms with Crippen LogP contribution in [0.5, 0.6) is 5.88 Å². The number of methoxy groups -OCH3 is 1. The van der Waals surface area contributed by atoms with Gasteiger partial charge in [-0.3, -0.25) is 4.79 Å².